The topological polar surface area (TPSA) is 3.24 Å². The molecule has 2 saturated heterocycles. The van der Waals surface area contributed by atoms with Gasteiger partial charge in [-0.15, -0.1) is 11.6 Å². The maximum absolute atomic E-state index is 5.95. The van der Waals surface area contributed by atoms with Crippen molar-refractivity contribution in [3.05, 3.63) is 70.8 Å². The second-order valence-electron chi connectivity index (χ2n) is 11.7. The van der Waals surface area contributed by atoms with Crippen LogP contribution < -0.4 is 0 Å². The molecular weight excluding hydrogens is 428 g/mol. The molecule has 0 radical (unpaired) electrons. The van der Waals surface area contributed by atoms with Crippen LogP contribution in [0, 0.1) is 0 Å². The van der Waals surface area contributed by atoms with E-state index in [4.69, 9.17) is 11.6 Å². The quantitative estimate of drug-likeness (QED) is 0.437. The third-order valence-electron chi connectivity index (χ3n) is 8.30. The van der Waals surface area contributed by atoms with Crippen LogP contribution >= 0.6 is 11.6 Å². The summed E-state index contributed by atoms with van der Waals surface area (Å²) in [4.78, 5) is 2.45. The number of halogens is 1. The molecule has 0 spiro atoms. The Bertz CT molecular complexity index is 892. The van der Waals surface area contributed by atoms with E-state index in [1.807, 2.05) is 0 Å². The molecule has 2 aliphatic rings. The van der Waals surface area contributed by atoms with E-state index in [1.54, 1.807) is 0 Å². The van der Waals surface area contributed by atoms with Crippen LogP contribution in [0.15, 0.2) is 48.5 Å². The maximum atomic E-state index is 5.95. The summed E-state index contributed by atoms with van der Waals surface area (Å²) in [5.74, 6) is 0.596. The van der Waals surface area contributed by atoms with Gasteiger partial charge in [-0.1, -0.05) is 48.5 Å². The van der Waals surface area contributed by atoms with Crippen molar-refractivity contribution in [3.8, 4) is 0 Å². The standard InChI is InChI=1S/C28H44ClN4/c1-30-13-15-31(2,16-14-30)22-27-9-11-28(12-10-27)24-33(4)19-17-32(3,18-20-33)23-26-7-5-25(21-29)6-8-26/h5-12H,13-24H2,1-4H3/q+3. The van der Waals surface area contributed by atoms with E-state index in [-0.39, 0.29) is 0 Å². The van der Waals surface area contributed by atoms with E-state index in [1.165, 1.54) is 79.1 Å². The summed E-state index contributed by atoms with van der Waals surface area (Å²) >= 11 is 5.95. The third kappa shape index (κ3) is 6.58. The highest BCUT2D eigenvalue weighted by Gasteiger charge is 2.37. The molecule has 0 unspecified atom stereocenters. The average Bonchev–Trinajstić information content (AvgIpc) is 2.80. The highest BCUT2D eigenvalue weighted by molar-refractivity contribution is 6.17. The Morgan fingerprint density at radius 3 is 1.21 bits per heavy atom. The molecule has 2 aliphatic heterocycles. The summed E-state index contributed by atoms with van der Waals surface area (Å²) in [5, 5.41) is 0. The van der Waals surface area contributed by atoms with E-state index in [2.05, 4.69) is 81.6 Å². The SMILES string of the molecule is CN1CC[N+](C)(Cc2ccc(C[N+]3(C)CC[N+](C)(Cc4ccc(CCl)cc4)CC3)cc2)CC1. The number of quaternary nitrogens is 3. The molecule has 180 valence electrons. The average molecular weight is 472 g/mol. The van der Waals surface area contributed by atoms with Crippen molar-refractivity contribution in [2.45, 2.75) is 25.5 Å². The highest BCUT2D eigenvalue weighted by atomic mass is 35.5. The summed E-state index contributed by atoms with van der Waals surface area (Å²) in [6.45, 7) is 13.3. The van der Waals surface area contributed by atoms with Gasteiger partial charge in [-0.05, 0) is 12.6 Å². The minimum atomic E-state index is 0.596. The largest absolute Gasteiger partial charge is 0.320 e. The van der Waals surface area contributed by atoms with Gasteiger partial charge in [0.1, 0.15) is 45.8 Å². The van der Waals surface area contributed by atoms with Gasteiger partial charge in [0.2, 0.25) is 0 Å². The smallest absolute Gasteiger partial charge is 0.129 e. The van der Waals surface area contributed by atoms with Crippen molar-refractivity contribution in [1.82, 2.24) is 4.90 Å². The number of nitrogens with zero attached hydrogens (tertiary/aromatic N) is 4. The molecule has 0 N–H and O–H groups in total. The van der Waals surface area contributed by atoms with Crippen LogP contribution in [-0.2, 0) is 25.5 Å². The Labute approximate surface area is 206 Å². The number of piperazine rings is 2. The molecule has 2 heterocycles. The fraction of sp³-hybridized carbons (Fsp3) is 0.571. The predicted octanol–water partition coefficient (Wildman–Crippen LogP) is 3.92. The second-order valence-corrected chi connectivity index (χ2v) is 12.0. The number of alkyl halides is 1. The van der Waals surface area contributed by atoms with Crippen LogP contribution in [0.5, 0.6) is 0 Å². The van der Waals surface area contributed by atoms with E-state index in [9.17, 15) is 0 Å². The molecule has 0 amide bonds. The number of benzene rings is 2. The monoisotopic (exact) mass is 471 g/mol. The van der Waals surface area contributed by atoms with E-state index < -0.39 is 0 Å². The van der Waals surface area contributed by atoms with Crippen LogP contribution in [0.1, 0.15) is 22.3 Å². The van der Waals surface area contributed by atoms with Gasteiger partial charge in [0.25, 0.3) is 0 Å². The first-order valence-electron chi connectivity index (χ1n) is 12.6. The molecule has 2 aromatic carbocycles. The van der Waals surface area contributed by atoms with Crippen LogP contribution in [0.25, 0.3) is 0 Å². The Kier molecular flexibility index (Phi) is 7.52. The van der Waals surface area contributed by atoms with E-state index >= 15 is 0 Å². The lowest BCUT2D eigenvalue weighted by Gasteiger charge is -2.46. The molecule has 4 rings (SSSR count). The third-order valence-corrected chi connectivity index (χ3v) is 8.60. The molecule has 0 atom stereocenters. The lowest BCUT2D eigenvalue weighted by atomic mass is 10.1. The fourth-order valence-electron chi connectivity index (χ4n) is 5.52. The number of likely N-dealkylation sites (N-methyl/N-ethyl adjacent to an activating group) is 4. The predicted molar refractivity (Wildman–Crippen MR) is 139 cm³/mol. The maximum Gasteiger partial charge on any atom is 0.129 e. The minimum Gasteiger partial charge on any atom is -0.320 e. The summed E-state index contributed by atoms with van der Waals surface area (Å²) < 4.78 is 3.46. The van der Waals surface area contributed by atoms with Crippen LogP contribution in [0.2, 0.25) is 0 Å². The zero-order valence-corrected chi connectivity index (χ0v) is 22.0. The number of hydrogen-bond acceptors (Lipinski definition) is 1. The Morgan fingerprint density at radius 1 is 0.576 bits per heavy atom. The van der Waals surface area contributed by atoms with Crippen molar-refractivity contribution >= 4 is 11.6 Å². The van der Waals surface area contributed by atoms with Gasteiger partial charge < -0.3 is 13.4 Å². The second kappa shape index (κ2) is 10.1. The van der Waals surface area contributed by atoms with Gasteiger partial charge in [0.15, 0.2) is 0 Å². The first-order valence-corrected chi connectivity index (χ1v) is 13.1. The minimum absolute atomic E-state index is 0.596. The van der Waals surface area contributed by atoms with Gasteiger partial charge >= 0.3 is 0 Å². The molecule has 4 nitrogen and oxygen atoms in total. The van der Waals surface area contributed by atoms with Crippen molar-refractivity contribution in [2.24, 2.45) is 0 Å². The molecule has 5 heteroatoms. The summed E-state index contributed by atoms with van der Waals surface area (Å²) in [6.07, 6.45) is 0. The Morgan fingerprint density at radius 2 is 0.879 bits per heavy atom. The highest BCUT2D eigenvalue weighted by Crippen LogP contribution is 2.23. The van der Waals surface area contributed by atoms with Crippen LogP contribution in [-0.4, -0.2) is 98.9 Å². The lowest BCUT2D eigenvalue weighted by molar-refractivity contribution is -1.03. The van der Waals surface area contributed by atoms with Gasteiger partial charge in [-0.25, -0.2) is 0 Å². The summed E-state index contributed by atoms with van der Waals surface area (Å²) in [6, 6.07) is 18.4. The normalized spacial score (nSPS) is 28.0. The van der Waals surface area contributed by atoms with Crippen molar-refractivity contribution in [1.29, 1.82) is 0 Å². The van der Waals surface area contributed by atoms with Crippen LogP contribution in [0.3, 0.4) is 0 Å². The first-order chi connectivity index (χ1) is 15.7. The molecule has 2 fully saturated rings. The van der Waals surface area contributed by atoms with Gasteiger partial charge in [0.05, 0.1) is 34.2 Å². The molecule has 0 aromatic heterocycles. The van der Waals surface area contributed by atoms with Gasteiger partial charge in [-0.2, -0.15) is 0 Å². The Balaban J connectivity index is 1.30. The molecule has 33 heavy (non-hydrogen) atoms. The molecule has 0 bridgehead atoms. The Hall–Kier alpha value is -1.43. The number of hydrogen-bond donors (Lipinski definition) is 0. The van der Waals surface area contributed by atoms with E-state index in [0.29, 0.717) is 5.88 Å². The first kappa shape index (κ1) is 24.7. The molecule has 2 aromatic rings. The van der Waals surface area contributed by atoms with Crippen molar-refractivity contribution < 1.29 is 13.4 Å². The molecule has 0 aliphatic carbocycles. The van der Waals surface area contributed by atoms with Crippen LogP contribution in [0.4, 0.5) is 0 Å². The number of rotatable bonds is 7. The summed E-state index contributed by atoms with van der Waals surface area (Å²) in [5.41, 5.74) is 5.60. The van der Waals surface area contributed by atoms with E-state index in [0.717, 1.165) is 28.6 Å². The van der Waals surface area contributed by atoms with Gasteiger partial charge in [0, 0.05) is 35.7 Å². The fourth-order valence-corrected chi connectivity index (χ4v) is 5.70. The van der Waals surface area contributed by atoms with Gasteiger partial charge in [-0.3, -0.25) is 4.90 Å². The van der Waals surface area contributed by atoms with Crippen molar-refractivity contribution in [3.63, 3.8) is 0 Å². The van der Waals surface area contributed by atoms with Crippen molar-refractivity contribution in [2.75, 3.05) is 80.5 Å². The zero-order chi connectivity index (χ0) is 23.5. The molecular formula is C28H44ClN4+3. The summed E-state index contributed by atoms with van der Waals surface area (Å²) in [7, 11) is 9.53. The zero-order valence-electron chi connectivity index (χ0n) is 21.3. The molecule has 0 saturated carbocycles. The lowest BCUT2D eigenvalue weighted by Crippen LogP contribution is -2.63.